The van der Waals surface area contributed by atoms with Crippen LogP contribution in [0.25, 0.3) is 0 Å². The Morgan fingerprint density at radius 1 is 0.977 bits per heavy atom. The first kappa shape index (κ1) is 33.4. The number of aryl methyl sites for hydroxylation is 1. The predicted octanol–water partition coefficient (Wildman–Crippen LogP) is 8.30. The molecule has 0 spiro atoms. The number of esters is 1. The number of methoxy groups -OCH3 is 1. The van der Waals surface area contributed by atoms with Crippen molar-refractivity contribution in [2.75, 3.05) is 18.6 Å². The molecule has 0 bridgehead atoms. The maximum atomic E-state index is 13.5. The van der Waals surface area contributed by atoms with Crippen LogP contribution in [0, 0.1) is 5.92 Å². The van der Waals surface area contributed by atoms with Crippen molar-refractivity contribution in [2.45, 2.75) is 91.3 Å². The van der Waals surface area contributed by atoms with Gasteiger partial charge in [-0.15, -0.1) is 0 Å². The van der Waals surface area contributed by atoms with Crippen LogP contribution in [0.2, 0.25) is 5.02 Å². The molecule has 7 heteroatoms. The molecule has 0 aromatic heterocycles. The second-order valence-corrected chi connectivity index (χ2v) is 12.9. The molecule has 0 fully saturated rings. The fourth-order valence-corrected chi connectivity index (χ4v) is 6.18. The number of hydrogen-bond acceptors (Lipinski definition) is 5. The third-order valence-corrected chi connectivity index (χ3v) is 8.88. The van der Waals surface area contributed by atoms with Gasteiger partial charge in [0.15, 0.2) is 6.10 Å². The molecule has 6 nitrogen and oxygen atoms in total. The van der Waals surface area contributed by atoms with E-state index in [1.165, 1.54) is 31.1 Å². The molecule has 1 aliphatic heterocycles. The molecule has 0 radical (unpaired) electrons. The normalized spacial score (nSPS) is 17.2. The maximum absolute atomic E-state index is 13.5. The van der Waals surface area contributed by atoms with Gasteiger partial charge in [-0.1, -0.05) is 75.2 Å². The van der Waals surface area contributed by atoms with Gasteiger partial charge >= 0.3 is 5.97 Å². The fourth-order valence-electron chi connectivity index (χ4n) is 6.02. The van der Waals surface area contributed by atoms with Crippen LogP contribution in [0.4, 0.5) is 5.69 Å². The smallest absolute Gasteiger partial charge is 0.346 e. The van der Waals surface area contributed by atoms with Crippen molar-refractivity contribution in [2.24, 2.45) is 5.92 Å². The average molecular weight is 619 g/mol. The lowest BCUT2D eigenvalue weighted by Gasteiger charge is -2.29. The number of rotatable bonds is 13. The molecule has 4 atom stereocenters. The van der Waals surface area contributed by atoms with Gasteiger partial charge in [0.2, 0.25) is 0 Å². The monoisotopic (exact) mass is 618 g/mol. The maximum Gasteiger partial charge on any atom is 0.346 e. The topological polar surface area (TPSA) is 67.9 Å². The number of nitrogens with one attached hydrogen (secondary N) is 1. The molecule has 1 N–H and O–H groups in total. The van der Waals surface area contributed by atoms with E-state index in [0.717, 1.165) is 36.2 Å². The van der Waals surface area contributed by atoms with Crippen molar-refractivity contribution in [3.8, 4) is 5.75 Å². The molecule has 1 heterocycles. The summed E-state index contributed by atoms with van der Waals surface area (Å²) in [6, 6.07) is 20.6. The summed E-state index contributed by atoms with van der Waals surface area (Å²) in [5, 5.41) is 3.65. The van der Waals surface area contributed by atoms with Crippen LogP contribution >= 0.6 is 11.6 Å². The Morgan fingerprint density at radius 2 is 1.68 bits per heavy atom. The number of hydrogen-bond donors (Lipinski definition) is 1. The number of nitrogens with zero attached hydrogens (tertiary/aromatic N) is 1. The Kier molecular flexibility index (Phi) is 11.4. The second kappa shape index (κ2) is 15.0. The molecular weight excluding hydrogens is 572 g/mol. The molecule has 2 unspecified atom stereocenters. The first-order valence-corrected chi connectivity index (χ1v) is 16.2. The lowest BCUT2D eigenvalue weighted by atomic mass is 9.88. The highest BCUT2D eigenvalue weighted by Crippen LogP contribution is 2.44. The number of halogens is 1. The number of carbonyl (C=O) groups is 2. The molecule has 1 aliphatic rings. The van der Waals surface area contributed by atoms with E-state index < -0.39 is 12.1 Å². The Balaban J connectivity index is 1.54. The van der Waals surface area contributed by atoms with Crippen molar-refractivity contribution in [3.63, 3.8) is 0 Å². The van der Waals surface area contributed by atoms with Crippen molar-refractivity contribution < 1.29 is 19.1 Å². The van der Waals surface area contributed by atoms with Gasteiger partial charge in [-0.25, -0.2) is 4.79 Å². The highest BCUT2D eigenvalue weighted by Gasteiger charge is 2.36. The van der Waals surface area contributed by atoms with Gasteiger partial charge in [0.1, 0.15) is 5.75 Å². The largest absolute Gasteiger partial charge is 0.477 e. The lowest BCUT2D eigenvalue weighted by Crippen LogP contribution is -2.35. The first-order valence-electron chi connectivity index (χ1n) is 15.9. The molecule has 1 amide bonds. The van der Waals surface area contributed by atoms with E-state index in [4.69, 9.17) is 21.1 Å². The zero-order valence-corrected chi connectivity index (χ0v) is 27.9. The zero-order chi connectivity index (χ0) is 32.0. The summed E-state index contributed by atoms with van der Waals surface area (Å²) >= 11 is 6.42. The Morgan fingerprint density at radius 3 is 2.34 bits per heavy atom. The minimum absolute atomic E-state index is 0.0739. The highest BCUT2D eigenvalue weighted by atomic mass is 35.5. The summed E-state index contributed by atoms with van der Waals surface area (Å²) in [6.45, 7) is 13.5. The molecule has 0 saturated heterocycles. The number of ether oxygens (including phenoxy) is 2. The van der Waals surface area contributed by atoms with E-state index in [1.807, 2.05) is 31.2 Å². The summed E-state index contributed by atoms with van der Waals surface area (Å²) in [4.78, 5) is 27.8. The Bertz CT molecular complexity index is 1440. The van der Waals surface area contributed by atoms with Gasteiger partial charge in [-0.05, 0) is 92.5 Å². The third kappa shape index (κ3) is 7.95. The Hall–Kier alpha value is -3.51. The number of benzene rings is 3. The van der Waals surface area contributed by atoms with Gasteiger partial charge in [0.05, 0.1) is 18.2 Å². The number of fused-ring (bicyclic) bond motifs is 1. The van der Waals surface area contributed by atoms with E-state index in [-0.39, 0.29) is 23.9 Å². The summed E-state index contributed by atoms with van der Waals surface area (Å²) in [5.74, 6) is 0.595. The van der Waals surface area contributed by atoms with Gasteiger partial charge < -0.3 is 19.7 Å². The van der Waals surface area contributed by atoms with Crippen molar-refractivity contribution in [1.82, 2.24) is 5.32 Å². The molecule has 236 valence electrons. The summed E-state index contributed by atoms with van der Waals surface area (Å²) in [6.07, 6.45) is 3.44. The molecule has 4 rings (SSSR count). The molecule has 3 aromatic rings. The van der Waals surface area contributed by atoms with E-state index in [9.17, 15) is 9.59 Å². The molecule has 3 aromatic carbocycles. The van der Waals surface area contributed by atoms with Crippen molar-refractivity contribution >= 4 is 29.2 Å². The van der Waals surface area contributed by atoms with Gasteiger partial charge in [0.25, 0.3) is 5.91 Å². The zero-order valence-electron chi connectivity index (χ0n) is 27.2. The SMILES string of the molecule is CCCCc1ccc([C@H](C)NC(=O)c2ccc3c(c2)N(CC(C)C)C(C)C3Cc2ccc(Cl)c(O[C@H](C)C(=O)OC)c2)cc1. The van der Waals surface area contributed by atoms with Gasteiger partial charge in [0, 0.05) is 29.8 Å². The standard InChI is InChI=1S/C37H47ClN2O4/c1-8-9-10-27-11-14-29(15-12-27)24(4)39-36(41)30-16-17-31-32(25(5)40(22-23(2)3)34(31)21-30)19-28-13-18-33(38)35(20-28)44-26(6)37(42)43-7/h11-18,20-21,23-26,32H,8-10,19,22H2,1-7H3,(H,39,41)/t24-,25?,26+,32?/m0/s1. The number of amides is 1. The van der Waals surface area contributed by atoms with E-state index in [2.05, 4.69) is 74.3 Å². The molecule has 0 saturated carbocycles. The second-order valence-electron chi connectivity index (χ2n) is 12.5. The summed E-state index contributed by atoms with van der Waals surface area (Å²) in [7, 11) is 1.34. The quantitative estimate of drug-likeness (QED) is 0.195. The number of unbranched alkanes of at least 4 members (excludes halogenated alkanes) is 1. The van der Waals surface area contributed by atoms with Gasteiger partial charge in [-0.2, -0.15) is 0 Å². The molecular formula is C37H47ClN2O4. The van der Waals surface area contributed by atoms with E-state index in [0.29, 0.717) is 22.3 Å². The fraction of sp³-hybridized carbons (Fsp3) is 0.459. The molecule has 44 heavy (non-hydrogen) atoms. The van der Waals surface area contributed by atoms with E-state index >= 15 is 0 Å². The van der Waals surface area contributed by atoms with Crippen LogP contribution in [0.1, 0.15) is 99.0 Å². The van der Waals surface area contributed by atoms with Crippen LogP contribution in [-0.2, 0) is 22.4 Å². The Labute approximate surface area is 268 Å². The van der Waals surface area contributed by atoms with Crippen LogP contribution < -0.4 is 15.0 Å². The number of anilines is 1. The molecule has 0 aliphatic carbocycles. The highest BCUT2D eigenvalue weighted by molar-refractivity contribution is 6.32. The summed E-state index contributed by atoms with van der Waals surface area (Å²) < 4.78 is 10.6. The van der Waals surface area contributed by atoms with Crippen molar-refractivity contribution in [3.05, 3.63) is 93.5 Å². The van der Waals surface area contributed by atoms with Gasteiger partial charge in [-0.3, -0.25) is 4.79 Å². The predicted molar refractivity (Wildman–Crippen MR) is 179 cm³/mol. The van der Waals surface area contributed by atoms with Crippen LogP contribution in [0.15, 0.2) is 60.7 Å². The minimum Gasteiger partial charge on any atom is -0.477 e. The number of carbonyl (C=O) groups excluding carboxylic acids is 2. The van der Waals surface area contributed by atoms with E-state index in [1.54, 1.807) is 6.92 Å². The third-order valence-electron chi connectivity index (χ3n) is 8.57. The van der Waals surface area contributed by atoms with Crippen LogP contribution in [-0.4, -0.2) is 37.7 Å². The lowest BCUT2D eigenvalue weighted by molar-refractivity contribution is -0.147. The van der Waals surface area contributed by atoms with Crippen LogP contribution in [0.3, 0.4) is 0 Å². The van der Waals surface area contributed by atoms with Crippen LogP contribution in [0.5, 0.6) is 5.75 Å². The average Bonchev–Trinajstić information content (AvgIpc) is 3.26. The first-order chi connectivity index (χ1) is 21.0. The summed E-state index contributed by atoms with van der Waals surface area (Å²) in [5.41, 5.74) is 6.50. The minimum atomic E-state index is -0.766. The van der Waals surface area contributed by atoms with Crippen molar-refractivity contribution in [1.29, 1.82) is 0 Å².